The highest BCUT2D eigenvalue weighted by Crippen LogP contribution is 2.21. The number of carbonyl (C=O) groups is 2. The van der Waals surface area contributed by atoms with Crippen molar-refractivity contribution >= 4 is 18.2 Å². The second-order valence-electron chi connectivity index (χ2n) is 4.92. The number of carbonyl (C=O) groups excluding carboxylic acids is 2. The van der Waals surface area contributed by atoms with Gasteiger partial charge in [-0.05, 0) is 43.2 Å². The molecule has 1 aliphatic rings. The van der Waals surface area contributed by atoms with E-state index in [1.807, 2.05) is 0 Å². The highest BCUT2D eigenvalue weighted by Gasteiger charge is 2.46. The Hall–Kier alpha value is -2.51. The largest absolute Gasteiger partial charge is 0.435 e. The zero-order valence-electron chi connectivity index (χ0n) is 12.0. The molecule has 1 atom stereocenters. The van der Waals surface area contributed by atoms with Gasteiger partial charge in [0, 0.05) is 0 Å². The maximum Gasteiger partial charge on any atom is 0.387 e. The highest BCUT2D eigenvalue weighted by molar-refractivity contribution is 6.07. The van der Waals surface area contributed by atoms with Crippen LogP contribution in [0.25, 0.3) is 0 Å². The molecule has 22 heavy (non-hydrogen) atoms. The van der Waals surface area contributed by atoms with Crippen molar-refractivity contribution in [2.24, 2.45) is 5.10 Å². The Bertz CT molecular complexity index is 604. The molecule has 118 valence electrons. The van der Waals surface area contributed by atoms with Crippen molar-refractivity contribution < 1.29 is 23.1 Å². The topological polar surface area (TPSA) is 71.0 Å². The summed E-state index contributed by atoms with van der Waals surface area (Å²) < 4.78 is 28.3. The van der Waals surface area contributed by atoms with E-state index in [0.717, 1.165) is 5.01 Å². The molecule has 1 saturated heterocycles. The lowest BCUT2D eigenvalue weighted by Crippen LogP contribution is -2.42. The summed E-state index contributed by atoms with van der Waals surface area (Å²) in [4.78, 5) is 23.8. The number of hydrogen-bond donors (Lipinski definition) is 1. The maximum atomic E-state index is 12.1. The molecule has 1 heterocycles. The minimum absolute atomic E-state index is 0.0145. The molecular weight excluding hydrogens is 296 g/mol. The number of ether oxygens (including phenoxy) is 1. The summed E-state index contributed by atoms with van der Waals surface area (Å²) in [6, 6.07) is 5.06. The Morgan fingerprint density at radius 2 is 2.00 bits per heavy atom. The molecule has 8 heteroatoms. The number of nitrogens with zero attached hydrogens (tertiary/aromatic N) is 2. The summed E-state index contributed by atoms with van der Waals surface area (Å²) in [5.41, 5.74) is -0.420. The van der Waals surface area contributed by atoms with E-state index in [2.05, 4.69) is 15.2 Å². The number of nitrogens with one attached hydrogen (secondary N) is 1. The SMILES string of the molecule is CCC1(C)NC(=O)N(/N=C/c2ccc(OC(F)F)cc2)C1=O. The minimum atomic E-state index is -2.89. The lowest BCUT2D eigenvalue weighted by molar-refractivity contribution is -0.130. The van der Waals surface area contributed by atoms with Crippen molar-refractivity contribution in [1.82, 2.24) is 10.3 Å². The smallest absolute Gasteiger partial charge is 0.387 e. The van der Waals surface area contributed by atoms with Gasteiger partial charge in [0.15, 0.2) is 0 Å². The first kappa shape index (κ1) is 15.9. The van der Waals surface area contributed by atoms with E-state index in [1.165, 1.54) is 30.5 Å². The molecule has 1 fully saturated rings. The van der Waals surface area contributed by atoms with E-state index in [-0.39, 0.29) is 5.75 Å². The van der Waals surface area contributed by atoms with Crippen molar-refractivity contribution in [3.63, 3.8) is 0 Å². The van der Waals surface area contributed by atoms with Gasteiger partial charge in [-0.1, -0.05) is 6.92 Å². The van der Waals surface area contributed by atoms with Gasteiger partial charge in [-0.15, -0.1) is 5.01 Å². The summed E-state index contributed by atoms with van der Waals surface area (Å²) in [5.74, 6) is -0.422. The van der Waals surface area contributed by atoms with Crippen molar-refractivity contribution in [1.29, 1.82) is 0 Å². The van der Waals surface area contributed by atoms with Gasteiger partial charge in [0.1, 0.15) is 11.3 Å². The molecule has 0 radical (unpaired) electrons. The highest BCUT2D eigenvalue weighted by atomic mass is 19.3. The van der Waals surface area contributed by atoms with Gasteiger partial charge in [0.2, 0.25) is 0 Å². The third-order valence-electron chi connectivity index (χ3n) is 3.37. The molecule has 6 nitrogen and oxygen atoms in total. The minimum Gasteiger partial charge on any atom is -0.435 e. The van der Waals surface area contributed by atoms with Gasteiger partial charge in [-0.2, -0.15) is 13.9 Å². The number of alkyl halides is 2. The van der Waals surface area contributed by atoms with Gasteiger partial charge < -0.3 is 10.1 Å². The van der Waals surface area contributed by atoms with E-state index in [0.29, 0.717) is 12.0 Å². The molecule has 0 saturated carbocycles. The molecule has 3 amide bonds. The second-order valence-corrected chi connectivity index (χ2v) is 4.92. The van der Waals surface area contributed by atoms with Gasteiger partial charge in [-0.25, -0.2) is 4.79 Å². The van der Waals surface area contributed by atoms with Crippen molar-refractivity contribution in [2.75, 3.05) is 0 Å². The van der Waals surface area contributed by atoms with Gasteiger partial charge in [-0.3, -0.25) is 4.79 Å². The first-order valence-electron chi connectivity index (χ1n) is 6.61. The Morgan fingerprint density at radius 3 is 2.50 bits per heavy atom. The monoisotopic (exact) mass is 311 g/mol. The van der Waals surface area contributed by atoms with Crippen LogP contribution in [-0.2, 0) is 4.79 Å². The van der Waals surface area contributed by atoms with Crippen LogP contribution in [0.2, 0.25) is 0 Å². The predicted octanol–water partition coefficient (Wildman–Crippen LogP) is 2.34. The number of benzene rings is 1. The summed E-state index contributed by atoms with van der Waals surface area (Å²) >= 11 is 0. The summed E-state index contributed by atoms with van der Waals surface area (Å²) in [6.45, 7) is 0.518. The van der Waals surface area contributed by atoms with Crippen LogP contribution in [0.1, 0.15) is 25.8 Å². The molecule has 0 aliphatic carbocycles. The first-order chi connectivity index (χ1) is 10.4. The van der Waals surface area contributed by atoms with Crippen LogP contribution in [0.3, 0.4) is 0 Å². The van der Waals surface area contributed by atoms with Crippen LogP contribution in [0.15, 0.2) is 29.4 Å². The van der Waals surface area contributed by atoms with Crippen molar-refractivity contribution in [3.05, 3.63) is 29.8 Å². The quantitative estimate of drug-likeness (QED) is 0.670. The fraction of sp³-hybridized carbons (Fsp3) is 0.357. The fourth-order valence-corrected chi connectivity index (χ4v) is 1.87. The Kier molecular flexibility index (Phi) is 4.39. The lowest BCUT2D eigenvalue weighted by atomic mass is 10.00. The fourth-order valence-electron chi connectivity index (χ4n) is 1.87. The molecular formula is C14H15F2N3O3. The molecule has 1 aromatic carbocycles. The molecule has 1 unspecified atom stereocenters. The van der Waals surface area contributed by atoms with Crippen molar-refractivity contribution in [3.8, 4) is 5.75 Å². The summed E-state index contributed by atoms with van der Waals surface area (Å²) in [5, 5.41) is 7.17. The molecule has 1 N–H and O–H groups in total. The summed E-state index contributed by atoms with van der Waals surface area (Å²) in [6.07, 6.45) is 1.74. The van der Waals surface area contributed by atoms with E-state index in [9.17, 15) is 18.4 Å². The molecule has 2 rings (SSSR count). The number of amides is 3. The standard InChI is InChI=1S/C14H15F2N3O3/c1-3-14(2)11(20)19(13(21)18-14)17-8-9-4-6-10(7-5-9)22-12(15)16/h4-8,12H,3H2,1-2H3,(H,18,21)/b17-8+. The Labute approximate surface area is 125 Å². The van der Waals surface area contributed by atoms with Crippen LogP contribution >= 0.6 is 0 Å². The third-order valence-corrected chi connectivity index (χ3v) is 3.37. The number of halogens is 2. The molecule has 0 spiro atoms. The Morgan fingerprint density at radius 1 is 1.36 bits per heavy atom. The molecule has 0 aromatic heterocycles. The molecule has 1 aliphatic heterocycles. The van der Waals surface area contributed by atoms with E-state index < -0.39 is 24.1 Å². The zero-order valence-corrected chi connectivity index (χ0v) is 12.0. The lowest BCUT2D eigenvalue weighted by Gasteiger charge is -2.17. The average Bonchev–Trinajstić information content (AvgIpc) is 2.69. The average molecular weight is 311 g/mol. The third kappa shape index (κ3) is 3.21. The van der Waals surface area contributed by atoms with E-state index in [4.69, 9.17) is 0 Å². The normalized spacial score (nSPS) is 21.8. The first-order valence-corrected chi connectivity index (χ1v) is 6.61. The number of urea groups is 1. The second kappa shape index (κ2) is 6.08. The van der Waals surface area contributed by atoms with E-state index >= 15 is 0 Å². The number of rotatable bonds is 5. The summed E-state index contributed by atoms with van der Waals surface area (Å²) in [7, 11) is 0. The van der Waals surface area contributed by atoms with Crippen LogP contribution < -0.4 is 10.1 Å². The van der Waals surface area contributed by atoms with E-state index in [1.54, 1.807) is 13.8 Å². The van der Waals surface area contributed by atoms with Gasteiger partial charge in [0.25, 0.3) is 5.91 Å². The predicted molar refractivity (Wildman–Crippen MR) is 74.7 cm³/mol. The molecule has 0 bridgehead atoms. The zero-order chi connectivity index (χ0) is 16.3. The van der Waals surface area contributed by atoms with Gasteiger partial charge >= 0.3 is 12.6 Å². The van der Waals surface area contributed by atoms with Gasteiger partial charge in [0.05, 0.1) is 6.21 Å². The van der Waals surface area contributed by atoms with Crippen molar-refractivity contribution in [2.45, 2.75) is 32.4 Å². The maximum absolute atomic E-state index is 12.1. The van der Waals surface area contributed by atoms with Crippen LogP contribution in [0, 0.1) is 0 Å². The van der Waals surface area contributed by atoms with Crippen LogP contribution in [0.5, 0.6) is 5.75 Å². The van der Waals surface area contributed by atoms with Crippen LogP contribution in [-0.4, -0.2) is 35.3 Å². The number of imide groups is 1. The van der Waals surface area contributed by atoms with Crippen LogP contribution in [0.4, 0.5) is 13.6 Å². The molecule has 1 aromatic rings. The number of hydrogen-bond acceptors (Lipinski definition) is 4. The number of hydrazone groups is 1. The Balaban J connectivity index is 2.09.